The lowest BCUT2D eigenvalue weighted by molar-refractivity contribution is -0.128. The summed E-state index contributed by atoms with van der Waals surface area (Å²) in [5.41, 5.74) is 6.57. The lowest BCUT2D eigenvalue weighted by atomic mass is 10.1. The Hall–Kier alpha value is -4.48. The molecule has 1 atom stereocenters. The van der Waals surface area contributed by atoms with Gasteiger partial charge in [0.05, 0.1) is 28.8 Å². The average Bonchev–Trinajstić information content (AvgIpc) is 3.40. The van der Waals surface area contributed by atoms with Gasteiger partial charge in [-0.25, -0.2) is 14.1 Å². The van der Waals surface area contributed by atoms with Crippen molar-refractivity contribution in [1.29, 1.82) is 5.26 Å². The largest absolute Gasteiger partial charge is 0.396 e. The number of nitrogens with one attached hydrogen (secondary N) is 2. The Labute approximate surface area is 241 Å². The third kappa shape index (κ3) is 6.64. The highest BCUT2D eigenvalue weighted by molar-refractivity contribution is 6.33. The second-order valence-electron chi connectivity index (χ2n) is 9.94. The molecule has 15 heteroatoms. The Morgan fingerprint density at radius 1 is 1.27 bits per heavy atom. The third-order valence-electron chi connectivity index (χ3n) is 6.85. The predicted octanol–water partition coefficient (Wildman–Crippen LogP) is 2.19. The number of carbonyl (C=O) groups is 2. The van der Waals surface area contributed by atoms with Gasteiger partial charge >= 0.3 is 0 Å². The molecule has 4 N–H and O–H groups in total. The maximum absolute atomic E-state index is 15.6. The second-order valence-corrected chi connectivity index (χ2v) is 10.3. The SMILES string of the molecule is C[C@H]1CN(c2cc(F)c(-n3cc(NCCC(=O)N(C)C)nn3)cc2NC(=O)c2cc(N)c(C#N)nc2Cl)CCN1C. The molecule has 13 nitrogen and oxygen atoms in total. The fraction of sp³-hybridized carbons (Fsp3) is 0.385. The molecule has 0 radical (unpaired) electrons. The number of benzene rings is 1. The molecule has 1 aromatic carbocycles. The maximum Gasteiger partial charge on any atom is 0.258 e. The zero-order valence-corrected chi connectivity index (χ0v) is 23.9. The van der Waals surface area contributed by atoms with E-state index < -0.39 is 11.7 Å². The number of nitriles is 1. The van der Waals surface area contributed by atoms with Gasteiger partial charge in [-0.05, 0) is 26.1 Å². The van der Waals surface area contributed by atoms with Crippen molar-refractivity contribution in [3.05, 3.63) is 46.6 Å². The highest BCUT2D eigenvalue weighted by Crippen LogP contribution is 2.33. The van der Waals surface area contributed by atoms with Crippen LogP contribution in [-0.4, -0.2) is 95.0 Å². The average molecular weight is 584 g/mol. The molecule has 3 heterocycles. The van der Waals surface area contributed by atoms with Crippen LogP contribution in [0.25, 0.3) is 5.69 Å². The summed E-state index contributed by atoms with van der Waals surface area (Å²) in [6.45, 7) is 4.35. The molecule has 0 spiro atoms. The molecule has 1 fully saturated rings. The molecular weight excluding hydrogens is 553 g/mol. The Kier molecular flexibility index (Phi) is 8.89. The minimum atomic E-state index is -0.633. The van der Waals surface area contributed by atoms with E-state index in [0.29, 0.717) is 36.8 Å². The minimum Gasteiger partial charge on any atom is -0.396 e. The first-order chi connectivity index (χ1) is 19.5. The van der Waals surface area contributed by atoms with E-state index in [4.69, 9.17) is 22.6 Å². The third-order valence-corrected chi connectivity index (χ3v) is 7.14. The fourth-order valence-corrected chi connectivity index (χ4v) is 4.51. The van der Waals surface area contributed by atoms with Crippen LogP contribution in [-0.2, 0) is 4.79 Å². The number of likely N-dealkylation sites (N-methyl/N-ethyl adjacent to an activating group) is 1. The summed E-state index contributed by atoms with van der Waals surface area (Å²) in [4.78, 5) is 34.7. The summed E-state index contributed by atoms with van der Waals surface area (Å²) in [5, 5.41) is 22.8. The number of anilines is 4. The van der Waals surface area contributed by atoms with Crippen molar-refractivity contribution < 1.29 is 14.0 Å². The summed E-state index contributed by atoms with van der Waals surface area (Å²) >= 11 is 6.19. The topological polar surface area (TPSA) is 161 Å². The number of carbonyl (C=O) groups excluding carboxylic acids is 2. The van der Waals surface area contributed by atoms with Crippen molar-refractivity contribution in [1.82, 2.24) is 29.8 Å². The molecule has 216 valence electrons. The fourth-order valence-electron chi connectivity index (χ4n) is 4.28. The van der Waals surface area contributed by atoms with Crippen LogP contribution in [0.5, 0.6) is 0 Å². The molecule has 0 aliphatic carbocycles. The Morgan fingerprint density at radius 2 is 2.02 bits per heavy atom. The number of nitrogens with two attached hydrogens (primary N) is 1. The van der Waals surface area contributed by atoms with Gasteiger partial charge in [-0.2, -0.15) is 5.26 Å². The van der Waals surface area contributed by atoms with Crippen LogP contribution >= 0.6 is 11.6 Å². The molecule has 0 unspecified atom stereocenters. The predicted molar refractivity (Wildman–Crippen MR) is 154 cm³/mol. The minimum absolute atomic E-state index is 0.00453. The monoisotopic (exact) mass is 583 g/mol. The Bertz CT molecular complexity index is 1500. The summed E-state index contributed by atoms with van der Waals surface area (Å²) in [5.74, 6) is -0.911. The molecule has 1 aliphatic heterocycles. The maximum atomic E-state index is 15.6. The van der Waals surface area contributed by atoms with E-state index in [0.717, 1.165) is 6.54 Å². The molecule has 1 aliphatic rings. The van der Waals surface area contributed by atoms with E-state index in [1.54, 1.807) is 14.1 Å². The Balaban J connectivity index is 1.67. The van der Waals surface area contributed by atoms with Crippen molar-refractivity contribution >= 4 is 46.3 Å². The molecule has 41 heavy (non-hydrogen) atoms. The highest BCUT2D eigenvalue weighted by atomic mass is 35.5. The van der Waals surface area contributed by atoms with Crippen LogP contribution in [0, 0.1) is 17.1 Å². The van der Waals surface area contributed by atoms with Gasteiger partial charge in [0.25, 0.3) is 5.91 Å². The van der Waals surface area contributed by atoms with Crippen molar-refractivity contribution in [3.63, 3.8) is 0 Å². The van der Waals surface area contributed by atoms with Gasteiger partial charge in [-0.15, -0.1) is 5.10 Å². The molecular formula is C26H31ClFN11O2. The van der Waals surface area contributed by atoms with Crippen LogP contribution in [0.15, 0.2) is 24.4 Å². The quantitative estimate of drug-likeness (QED) is 0.335. The van der Waals surface area contributed by atoms with Crippen LogP contribution in [0.4, 0.5) is 27.3 Å². The van der Waals surface area contributed by atoms with E-state index in [1.165, 1.54) is 34.0 Å². The number of hydrogen-bond acceptors (Lipinski definition) is 10. The normalized spacial score (nSPS) is 15.3. The van der Waals surface area contributed by atoms with Crippen molar-refractivity contribution in [3.8, 4) is 11.8 Å². The van der Waals surface area contributed by atoms with Crippen molar-refractivity contribution in [2.75, 3.05) is 68.6 Å². The molecule has 2 amide bonds. The van der Waals surface area contributed by atoms with Gasteiger partial charge in [-0.3, -0.25) is 9.59 Å². The summed E-state index contributed by atoms with van der Waals surface area (Å²) in [6.07, 6.45) is 1.74. The van der Waals surface area contributed by atoms with Crippen molar-refractivity contribution in [2.24, 2.45) is 0 Å². The van der Waals surface area contributed by atoms with E-state index in [1.807, 2.05) is 18.0 Å². The van der Waals surface area contributed by atoms with E-state index in [-0.39, 0.29) is 46.2 Å². The second kappa shape index (κ2) is 12.4. The number of nitrogen functional groups attached to an aromatic ring is 1. The highest BCUT2D eigenvalue weighted by Gasteiger charge is 2.26. The first-order valence-corrected chi connectivity index (χ1v) is 13.2. The Morgan fingerprint density at radius 3 is 2.71 bits per heavy atom. The zero-order chi connectivity index (χ0) is 29.8. The van der Waals surface area contributed by atoms with Crippen LogP contribution in [0.3, 0.4) is 0 Å². The van der Waals surface area contributed by atoms with Gasteiger partial charge in [0.15, 0.2) is 17.3 Å². The number of hydrogen-bond donors (Lipinski definition) is 3. The molecule has 3 aromatic rings. The number of piperazine rings is 1. The lowest BCUT2D eigenvalue weighted by Crippen LogP contribution is -2.50. The lowest BCUT2D eigenvalue weighted by Gasteiger charge is -2.39. The first-order valence-electron chi connectivity index (χ1n) is 12.8. The standard InChI is InChI=1S/C26H31ClFN11O2/c1-15-13-38(8-7-37(15)4)22-10-17(28)21(39-14-23(34-35-39)31-6-5-24(40)36(2)3)11-19(22)33-26(41)16-9-18(30)20(12-29)32-25(16)27/h9-11,14-15,31H,5-8,13,30H2,1-4H3,(H,33,41)/t15-/m0/s1. The van der Waals surface area contributed by atoms with Gasteiger partial charge in [-0.1, -0.05) is 16.8 Å². The smallest absolute Gasteiger partial charge is 0.258 e. The molecule has 0 saturated carbocycles. The number of rotatable bonds is 8. The molecule has 0 bridgehead atoms. The first kappa shape index (κ1) is 29.5. The number of aromatic nitrogens is 4. The van der Waals surface area contributed by atoms with Crippen LogP contribution in [0.1, 0.15) is 29.4 Å². The molecule has 2 aromatic heterocycles. The van der Waals surface area contributed by atoms with E-state index in [9.17, 15) is 9.59 Å². The zero-order valence-electron chi connectivity index (χ0n) is 23.1. The number of nitrogens with zero attached hydrogens (tertiary/aromatic N) is 8. The summed E-state index contributed by atoms with van der Waals surface area (Å²) in [6, 6.07) is 6.11. The van der Waals surface area contributed by atoms with Gasteiger partial charge in [0.1, 0.15) is 16.9 Å². The molecule has 1 saturated heterocycles. The van der Waals surface area contributed by atoms with E-state index >= 15 is 4.39 Å². The van der Waals surface area contributed by atoms with Gasteiger partial charge in [0, 0.05) is 58.8 Å². The summed E-state index contributed by atoms with van der Waals surface area (Å²) < 4.78 is 16.8. The van der Waals surface area contributed by atoms with Crippen LogP contribution in [0.2, 0.25) is 5.15 Å². The van der Waals surface area contributed by atoms with Crippen LogP contribution < -0.4 is 21.3 Å². The number of pyridine rings is 1. The summed E-state index contributed by atoms with van der Waals surface area (Å²) in [7, 11) is 5.36. The van der Waals surface area contributed by atoms with E-state index in [2.05, 4.69) is 37.8 Å². The van der Waals surface area contributed by atoms with Crippen molar-refractivity contribution in [2.45, 2.75) is 19.4 Å². The van der Waals surface area contributed by atoms with Gasteiger partial charge in [0.2, 0.25) is 5.91 Å². The van der Waals surface area contributed by atoms with Gasteiger partial charge < -0.3 is 31.1 Å². The number of amides is 2. The molecule has 4 rings (SSSR count). The number of halogens is 2.